The Morgan fingerprint density at radius 1 is 1.47 bits per heavy atom. The van der Waals surface area contributed by atoms with E-state index in [2.05, 4.69) is 20.5 Å². The quantitative estimate of drug-likeness (QED) is 0.702. The largest absolute Gasteiger partial charge is 0.396 e. The molecule has 0 aliphatic rings. The van der Waals surface area contributed by atoms with Crippen molar-refractivity contribution in [2.75, 3.05) is 18.5 Å². The molecule has 15 heavy (non-hydrogen) atoms. The van der Waals surface area contributed by atoms with Gasteiger partial charge in [0.1, 0.15) is 5.82 Å². The Bertz CT molecular complexity index is 453. The Hall–Kier alpha value is -1.69. The molecule has 0 aromatic carbocycles. The SMILES string of the molecule is Cc1nnc2c(NCCCO)nccn12. The Labute approximate surface area is 87.0 Å². The second-order valence-corrected chi connectivity index (χ2v) is 3.22. The fourth-order valence-electron chi connectivity index (χ4n) is 1.35. The van der Waals surface area contributed by atoms with Gasteiger partial charge in [-0.25, -0.2) is 4.98 Å². The maximum absolute atomic E-state index is 8.67. The molecular formula is C9H13N5O. The minimum absolute atomic E-state index is 0.168. The number of aliphatic hydroxyl groups excluding tert-OH is 1. The molecule has 80 valence electrons. The summed E-state index contributed by atoms with van der Waals surface area (Å²) in [5.74, 6) is 1.53. The van der Waals surface area contributed by atoms with Crippen molar-refractivity contribution in [3.63, 3.8) is 0 Å². The molecule has 6 heteroatoms. The zero-order valence-electron chi connectivity index (χ0n) is 8.51. The summed E-state index contributed by atoms with van der Waals surface area (Å²) in [5.41, 5.74) is 0.716. The summed E-state index contributed by atoms with van der Waals surface area (Å²) in [5, 5.41) is 19.8. The van der Waals surface area contributed by atoms with Crippen molar-refractivity contribution in [3.05, 3.63) is 18.2 Å². The Morgan fingerprint density at radius 3 is 3.13 bits per heavy atom. The van der Waals surface area contributed by atoms with Crippen LogP contribution in [0.15, 0.2) is 12.4 Å². The van der Waals surface area contributed by atoms with Crippen LogP contribution in [0, 0.1) is 6.92 Å². The van der Waals surface area contributed by atoms with Crippen LogP contribution >= 0.6 is 0 Å². The van der Waals surface area contributed by atoms with Gasteiger partial charge in [-0.2, -0.15) is 0 Å². The number of nitrogens with one attached hydrogen (secondary N) is 1. The molecule has 2 heterocycles. The van der Waals surface area contributed by atoms with Gasteiger partial charge >= 0.3 is 0 Å². The van der Waals surface area contributed by atoms with Crippen molar-refractivity contribution < 1.29 is 5.11 Å². The van der Waals surface area contributed by atoms with E-state index in [1.165, 1.54) is 0 Å². The molecule has 6 nitrogen and oxygen atoms in total. The van der Waals surface area contributed by atoms with Crippen LogP contribution in [0.2, 0.25) is 0 Å². The van der Waals surface area contributed by atoms with Gasteiger partial charge in [0.15, 0.2) is 5.82 Å². The number of aliphatic hydroxyl groups is 1. The van der Waals surface area contributed by atoms with Crippen molar-refractivity contribution in [2.45, 2.75) is 13.3 Å². The van der Waals surface area contributed by atoms with Crippen molar-refractivity contribution in [3.8, 4) is 0 Å². The first-order chi connectivity index (χ1) is 7.33. The van der Waals surface area contributed by atoms with E-state index in [4.69, 9.17) is 5.11 Å². The van der Waals surface area contributed by atoms with Crippen LogP contribution in [0.1, 0.15) is 12.2 Å². The predicted octanol–water partition coefficient (Wildman–Crippen LogP) is 0.227. The highest BCUT2D eigenvalue weighted by Crippen LogP contribution is 2.11. The summed E-state index contributed by atoms with van der Waals surface area (Å²) in [6.07, 6.45) is 4.21. The summed E-state index contributed by atoms with van der Waals surface area (Å²) < 4.78 is 1.87. The number of aryl methyl sites for hydroxylation is 1. The first kappa shape index (κ1) is 9.85. The van der Waals surface area contributed by atoms with Gasteiger partial charge in [-0.15, -0.1) is 10.2 Å². The molecule has 0 aliphatic carbocycles. The molecule has 0 spiro atoms. The molecule has 0 atom stereocenters. The van der Waals surface area contributed by atoms with Crippen molar-refractivity contribution >= 4 is 11.5 Å². The van der Waals surface area contributed by atoms with Crippen LogP contribution in [0.3, 0.4) is 0 Å². The maximum atomic E-state index is 8.67. The van der Waals surface area contributed by atoms with Crippen LogP contribution in [0.5, 0.6) is 0 Å². The topological polar surface area (TPSA) is 75.3 Å². The molecule has 2 rings (SSSR count). The summed E-state index contributed by atoms with van der Waals surface area (Å²) in [6, 6.07) is 0. The fourth-order valence-corrected chi connectivity index (χ4v) is 1.35. The number of hydrogen-bond donors (Lipinski definition) is 2. The highest BCUT2D eigenvalue weighted by molar-refractivity contribution is 5.61. The van der Waals surface area contributed by atoms with Crippen LogP contribution in [0.25, 0.3) is 5.65 Å². The van der Waals surface area contributed by atoms with Crippen LogP contribution in [-0.4, -0.2) is 37.8 Å². The lowest BCUT2D eigenvalue weighted by Crippen LogP contribution is -2.06. The maximum Gasteiger partial charge on any atom is 0.203 e. The van der Waals surface area contributed by atoms with Crippen LogP contribution in [0.4, 0.5) is 5.82 Å². The number of anilines is 1. The third kappa shape index (κ3) is 1.89. The van der Waals surface area contributed by atoms with Crippen molar-refractivity contribution in [1.29, 1.82) is 0 Å². The Morgan fingerprint density at radius 2 is 2.33 bits per heavy atom. The average molecular weight is 207 g/mol. The molecule has 2 N–H and O–H groups in total. The number of fused-ring (bicyclic) bond motifs is 1. The monoisotopic (exact) mass is 207 g/mol. The normalized spacial score (nSPS) is 10.8. The standard InChI is InChI=1S/C9H13N5O/c1-7-12-13-9-8(10-3-2-6-15)11-4-5-14(7)9/h4-5,15H,2-3,6H2,1H3,(H,10,11). The van der Waals surface area contributed by atoms with E-state index >= 15 is 0 Å². The Balaban J connectivity index is 2.26. The second kappa shape index (κ2) is 4.22. The molecular weight excluding hydrogens is 194 g/mol. The van der Waals surface area contributed by atoms with E-state index in [0.717, 1.165) is 5.82 Å². The minimum Gasteiger partial charge on any atom is -0.396 e. The van der Waals surface area contributed by atoms with Gasteiger partial charge < -0.3 is 10.4 Å². The molecule has 0 radical (unpaired) electrons. The summed E-state index contributed by atoms with van der Waals surface area (Å²) in [4.78, 5) is 4.18. The van der Waals surface area contributed by atoms with Gasteiger partial charge in [0.25, 0.3) is 0 Å². The van der Waals surface area contributed by atoms with Crippen molar-refractivity contribution in [1.82, 2.24) is 19.6 Å². The van der Waals surface area contributed by atoms with E-state index in [9.17, 15) is 0 Å². The molecule has 0 aliphatic heterocycles. The van der Waals surface area contributed by atoms with Crippen LogP contribution < -0.4 is 5.32 Å². The first-order valence-corrected chi connectivity index (χ1v) is 4.84. The van der Waals surface area contributed by atoms with Gasteiger partial charge in [0.05, 0.1) is 0 Å². The van der Waals surface area contributed by atoms with E-state index < -0.39 is 0 Å². The summed E-state index contributed by atoms with van der Waals surface area (Å²) >= 11 is 0. The summed E-state index contributed by atoms with van der Waals surface area (Å²) in [6.45, 7) is 2.73. The molecule has 0 fully saturated rings. The van der Waals surface area contributed by atoms with Gasteiger partial charge in [0, 0.05) is 25.5 Å². The first-order valence-electron chi connectivity index (χ1n) is 4.84. The lowest BCUT2D eigenvalue weighted by Gasteiger charge is -2.04. The zero-order valence-corrected chi connectivity index (χ0v) is 8.51. The van der Waals surface area contributed by atoms with E-state index in [1.807, 2.05) is 17.5 Å². The highest BCUT2D eigenvalue weighted by atomic mass is 16.3. The Kier molecular flexibility index (Phi) is 2.77. The third-order valence-corrected chi connectivity index (χ3v) is 2.12. The number of hydrogen-bond acceptors (Lipinski definition) is 5. The molecule has 0 amide bonds. The molecule has 2 aromatic rings. The van der Waals surface area contributed by atoms with Gasteiger partial charge in [-0.1, -0.05) is 0 Å². The highest BCUT2D eigenvalue weighted by Gasteiger charge is 2.06. The molecule has 0 unspecified atom stereocenters. The fraction of sp³-hybridized carbons (Fsp3) is 0.444. The number of aromatic nitrogens is 4. The smallest absolute Gasteiger partial charge is 0.203 e. The van der Waals surface area contributed by atoms with E-state index in [-0.39, 0.29) is 6.61 Å². The van der Waals surface area contributed by atoms with Gasteiger partial charge in [-0.05, 0) is 13.3 Å². The molecule has 0 saturated heterocycles. The van der Waals surface area contributed by atoms with E-state index in [1.54, 1.807) is 6.20 Å². The lowest BCUT2D eigenvalue weighted by atomic mass is 10.4. The number of nitrogens with zero attached hydrogens (tertiary/aromatic N) is 4. The van der Waals surface area contributed by atoms with Crippen molar-refractivity contribution in [2.24, 2.45) is 0 Å². The van der Waals surface area contributed by atoms with Gasteiger partial charge in [0.2, 0.25) is 5.65 Å². The third-order valence-electron chi connectivity index (χ3n) is 2.12. The van der Waals surface area contributed by atoms with Gasteiger partial charge in [-0.3, -0.25) is 4.40 Å². The van der Waals surface area contributed by atoms with E-state index in [0.29, 0.717) is 24.4 Å². The average Bonchev–Trinajstić information content (AvgIpc) is 2.62. The van der Waals surface area contributed by atoms with Crippen LogP contribution in [-0.2, 0) is 0 Å². The summed E-state index contributed by atoms with van der Waals surface area (Å²) in [7, 11) is 0. The number of rotatable bonds is 4. The molecule has 0 bridgehead atoms. The zero-order chi connectivity index (χ0) is 10.7. The molecule has 2 aromatic heterocycles. The predicted molar refractivity (Wildman–Crippen MR) is 55.7 cm³/mol. The lowest BCUT2D eigenvalue weighted by molar-refractivity contribution is 0.292. The molecule has 0 saturated carbocycles. The minimum atomic E-state index is 0.168. The second-order valence-electron chi connectivity index (χ2n) is 3.22.